The van der Waals surface area contributed by atoms with Gasteiger partial charge in [-0.25, -0.2) is 0 Å². The van der Waals surface area contributed by atoms with Crippen LogP contribution in [0.3, 0.4) is 0 Å². The zero-order valence-electron chi connectivity index (χ0n) is 12.2. The minimum atomic E-state index is -0.945. The van der Waals surface area contributed by atoms with Gasteiger partial charge in [0.15, 0.2) is 0 Å². The van der Waals surface area contributed by atoms with Crippen molar-refractivity contribution in [2.24, 2.45) is 5.73 Å². The number of rotatable bonds is 4. The van der Waals surface area contributed by atoms with Crippen molar-refractivity contribution in [1.82, 2.24) is 4.57 Å². The molecule has 0 aliphatic carbocycles. The van der Waals surface area contributed by atoms with Crippen molar-refractivity contribution in [3.05, 3.63) is 71.4 Å². The van der Waals surface area contributed by atoms with Crippen molar-refractivity contribution in [2.45, 2.75) is 13.5 Å². The van der Waals surface area contributed by atoms with Gasteiger partial charge in [0.25, 0.3) is 11.7 Å². The summed E-state index contributed by atoms with van der Waals surface area (Å²) in [7, 11) is 0. The van der Waals surface area contributed by atoms with E-state index >= 15 is 0 Å². The van der Waals surface area contributed by atoms with Gasteiger partial charge in [-0.2, -0.15) is 0 Å². The van der Waals surface area contributed by atoms with Crippen LogP contribution in [0.2, 0.25) is 0 Å². The first-order valence-electron chi connectivity index (χ1n) is 6.97. The lowest BCUT2D eigenvalue weighted by atomic mass is 10.1. The van der Waals surface area contributed by atoms with E-state index in [1.165, 1.54) is 0 Å². The number of amides is 1. The second kappa shape index (κ2) is 5.48. The van der Waals surface area contributed by atoms with Gasteiger partial charge in [0.2, 0.25) is 0 Å². The highest BCUT2D eigenvalue weighted by molar-refractivity contribution is 6.44. The number of benzene rings is 2. The van der Waals surface area contributed by atoms with Gasteiger partial charge in [-0.15, -0.1) is 0 Å². The van der Waals surface area contributed by atoms with Gasteiger partial charge < -0.3 is 10.3 Å². The Morgan fingerprint density at radius 1 is 1.14 bits per heavy atom. The largest absolute Gasteiger partial charge is 0.363 e. The Balaban J connectivity index is 2.21. The number of carbonyl (C=O) groups excluding carboxylic acids is 2. The molecular weight excluding hydrogens is 276 g/mol. The predicted molar refractivity (Wildman–Crippen MR) is 84.6 cm³/mol. The average molecular weight is 291 g/mol. The minimum absolute atomic E-state index is 0.346. The zero-order valence-corrected chi connectivity index (χ0v) is 12.2. The van der Waals surface area contributed by atoms with Gasteiger partial charge >= 0.3 is 0 Å². The van der Waals surface area contributed by atoms with Gasteiger partial charge in [0, 0.05) is 23.1 Å². The van der Waals surface area contributed by atoms with Crippen LogP contribution in [-0.4, -0.2) is 16.3 Å². The number of primary amides is 1. The lowest BCUT2D eigenvalue weighted by Crippen LogP contribution is -2.23. The predicted octanol–water partition coefficient (Wildman–Crippen LogP) is 2.47. The topological polar surface area (TPSA) is 65.1 Å². The maximum atomic E-state index is 12.1. The third-order valence-corrected chi connectivity index (χ3v) is 3.78. The van der Waals surface area contributed by atoms with Gasteiger partial charge in [0.1, 0.15) is 0 Å². The van der Waals surface area contributed by atoms with Crippen molar-refractivity contribution >= 4 is 22.6 Å². The number of nitrogens with zero attached hydrogens (tertiary/aromatic N) is 1. The molecule has 22 heavy (non-hydrogen) atoms. The van der Waals surface area contributed by atoms with E-state index in [0.29, 0.717) is 17.5 Å². The summed E-state index contributed by atoms with van der Waals surface area (Å²) in [5.41, 5.74) is 8.24. The second-order valence-electron chi connectivity index (χ2n) is 5.16. The number of ketones is 1. The van der Waals surface area contributed by atoms with Crippen molar-refractivity contribution in [3.8, 4) is 0 Å². The molecule has 3 aromatic rings. The summed E-state index contributed by atoms with van der Waals surface area (Å²) in [5, 5.41) is 0.639. The fraction of sp³-hybridized carbons (Fsp3) is 0.111. The monoisotopic (exact) mass is 291 g/mol. The van der Waals surface area contributed by atoms with Crippen molar-refractivity contribution in [3.63, 3.8) is 0 Å². The molecule has 4 heteroatoms. The Labute approximate surface area is 128 Å². The van der Waals surface area contributed by atoms with Crippen LogP contribution >= 0.6 is 0 Å². The zero-order chi connectivity index (χ0) is 15.7. The van der Waals surface area contributed by atoms with Crippen LogP contribution in [0.25, 0.3) is 10.9 Å². The van der Waals surface area contributed by atoms with E-state index in [0.717, 1.165) is 16.8 Å². The smallest absolute Gasteiger partial charge is 0.289 e. The van der Waals surface area contributed by atoms with E-state index in [4.69, 9.17) is 5.73 Å². The lowest BCUT2D eigenvalue weighted by molar-refractivity contribution is -0.114. The molecule has 0 fully saturated rings. The number of hydrogen-bond donors (Lipinski definition) is 1. The Morgan fingerprint density at radius 2 is 1.86 bits per heavy atom. The Morgan fingerprint density at radius 3 is 2.55 bits per heavy atom. The molecule has 0 aliphatic heterocycles. The van der Waals surface area contributed by atoms with E-state index in [9.17, 15) is 9.59 Å². The molecule has 0 saturated heterocycles. The van der Waals surface area contributed by atoms with Crippen LogP contribution in [0.5, 0.6) is 0 Å². The van der Waals surface area contributed by atoms with Crippen LogP contribution in [0.4, 0.5) is 0 Å². The third kappa shape index (κ3) is 2.29. The quantitative estimate of drug-likeness (QED) is 0.593. The third-order valence-electron chi connectivity index (χ3n) is 3.78. The normalized spacial score (nSPS) is 10.8. The van der Waals surface area contributed by atoms with Crippen molar-refractivity contribution < 1.29 is 9.59 Å². The maximum absolute atomic E-state index is 12.1. The lowest BCUT2D eigenvalue weighted by Gasteiger charge is -2.08. The molecule has 0 spiro atoms. The Hall–Kier alpha value is -2.88. The average Bonchev–Trinajstić information content (AvgIpc) is 2.80. The molecule has 4 nitrogen and oxygen atoms in total. The molecule has 0 saturated carbocycles. The number of hydrogen-bond acceptors (Lipinski definition) is 2. The molecular formula is C18H15N2O2. The summed E-state index contributed by atoms with van der Waals surface area (Å²) in [6.45, 7) is 2.44. The Kier molecular flexibility index (Phi) is 3.51. The molecule has 1 amide bonds. The molecule has 109 valence electrons. The molecule has 2 N–H and O–H groups in total. The first-order valence-corrected chi connectivity index (χ1v) is 6.97. The highest BCUT2D eigenvalue weighted by Gasteiger charge is 2.23. The fourth-order valence-corrected chi connectivity index (χ4v) is 2.72. The van der Waals surface area contributed by atoms with E-state index in [1.54, 1.807) is 6.07 Å². The van der Waals surface area contributed by atoms with Crippen LogP contribution in [0, 0.1) is 13.0 Å². The first kappa shape index (κ1) is 14.1. The number of fused-ring (bicyclic) bond motifs is 1. The highest BCUT2D eigenvalue weighted by atomic mass is 16.2. The van der Waals surface area contributed by atoms with Crippen molar-refractivity contribution in [1.29, 1.82) is 0 Å². The number of carbonyl (C=O) groups is 2. The summed E-state index contributed by atoms with van der Waals surface area (Å²) in [5.74, 6) is -1.61. The second-order valence-corrected chi connectivity index (χ2v) is 5.16. The highest BCUT2D eigenvalue weighted by Crippen LogP contribution is 2.26. The SMILES string of the molecule is Cc1c(C(=O)C(N)=O)c2[c]cccc2n1Cc1ccccc1. The standard InChI is InChI=1S/C18H15N2O2/c1-12-16(17(21)18(19)22)14-9-5-6-10-15(14)20(12)11-13-7-3-2-4-8-13/h2-8,10H,11H2,1H3,(H2,19,22). The number of aromatic nitrogens is 1. The molecule has 1 radical (unpaired) electrons. The van der Waals surface area contributed by atoms with E-state index in [-0.39, 0.29) is 0 Å². The molecule has 0 aliphatic rings. The summed E-state index contributed by atoms with van der Waals surface area (Å²) in [6, 6.07) is 18.5. The van der Waals surface area contributed by atoms with Gasteiger partial charge in [0.05, 0.1) is 5.56 Å². The van der Waals surface area contributed by atoms with E-state index < -0.39 is 11.7 Å². The molecule has 0 unspecified atom stereocenters. The molecule has 0 atom stereocenters. The van der Waals surface area contributed by atoms with Crippen LogP contribution in [0.1, 0.15) is 21.6 Å². The molecule has 2 aromatic carbocycles. The maximum Gasteiger partial charge on any atom is 0.289 e. The van der Waals surface area contributed by atoms with Gasteiger partial charge in [-0.1, -0.05) is 42.5 Å². The summed E-state index contributed by atoms with van der Waals surface area (Å²) < 4.78 is 2.01. The number of nitrogens with two attached hydrogens (primary N) is 1. The van der Waals surface area contributed by atoms with Crippen LogP contribution in [0.15, 0.2) is 48.5 Å². The fourth-order valence-electron chi connectivity index (χ4n) is 2.72. The number of Topliss-reactive ketones (excluding diaryl/α,β-unsaturated/α-hetero) is 1. The summed E-state index contributed by atoms with van der Waals surface area (Å²) in [4.78, 5) is 23.4. The summed E-state index contributed by atoms with van der Waals surface area (Å²) in [6.07, 6.45) is 0. The van der Waals surface area contributed by atoms with Crippen LogP contribution in [-0.2, 0) is 11.3 Å². The van der Waals surface area contributed by atoms with E-state index in [1.807, 2.05) is 54.0 Å². The minimum Gasteiger partial charge on any atom is -0.363 e. The molecule has 1 heterocycles. The first-order chi connectivity index (χ1) is 10.6. The van der Waals surface area contributed by atoms with Crippen molar-refractivity contribution in [2.75, 3.05) is 0 Å². The summed E-state index contributed by atoms with van der Waals surface area (Å²) >= 11 is 0. The molecule has 1 aromatic heterocycles. The van der Waals surface area contributed by atoms with Crippen LogP contribution < -0.4 is 5.73 Å². The van der Waals surface area contributed by atoms with Gasteiger partial charge in [-0.3, -0.25) is 9.59 Å². The van der Waals surface area contributed by atoms with E-state index in [2.05, 4.69) is 6.07 Å². The molecule has 0 bridgehead atoms. The Bertz CT molecular complexity index is 863. The molecule has 3 rings (SSSR count). The van der Waals surface area contributed by atoms with Gasteiger partial charge in [-0.05, 0) is 24.6 Å².